The fourth-order valence-electron chi connectivity index (χ4n) is 4.94. The summed E-state index contributed by atoms with van der Waals surface area (Å²) in [6.07, 6.45) is 2.92. The lowest BCUT2D eigenvalue weighted by Crippen LogP contribution is -2.27. The number of nitrogens with zero attached hydrogens (tertiary/aromatic N) is 7. The molecule has 0 spiro atoms. The van der Waals surface area contributed by atoms with Crippen molar-refractivity contribution in [1.82, 2.24) is 0 Å². The molecule has 11 heteroatoms. The van der Waals surface area contributed by atoms with Gasteiger partial charge in [-0.2, -0.15) is 20.5 Å². The van der Waals surface area contributed by atoms with Crippen LogP contribution in [-0.4, -0.2) is 38.2 Å². The van der Waals surface area contributed by atoms with Crippen LogP contribution in [0.2, 0.25) is 0 Å². The average Bonchev–Trinajstić information content (AvgIpc) is 3.18. The summed E-state index contributed by atoms with van der Waals surface area (Å²) in [6.45, 7) is 10.8. The monoisotopic (exact) mass is 679 g/mol. The summed E-state index contributed by atoms with van der Waals surface area (Å²) < 4.78 is 10.1. The molecule has 0 N–H and O–H groups in total. The van der Waals surface area contributed by atoms with Crippen molar-refractivity contribution >= 4 is 62.5 Å². The molecular formula is C40H37N7O4. The molecule has 5 aromatic carbocycles. The summed E-state index contributed by atoms with van der Waals surface area (Å²) in [5, 5.41) is 28.4. The first-order chi connectivity index (χ1) is 24.9. The number of ether oxygens (including phenoxy) is 2. The maximum absolute atomic E-state index is 11.3. The number of benzene rings is 5. The van der Waals surface area contributed by atoms with Crippen LogP contribution >= 0.6 is 0 Å². The molecule has 0 fully saturated rings. The predicted octanol–water partition coefficient (Wildman–Crippen LogP) is 10.9. The zero-order valence-corrected chi connectivity index (χ0v) is 28.3. The highest BCUT2D eigenvalue weighted by Crippen LogP contribution is 2.35. The molecule has 0 atom stereocenters. The van der Waals surface area contributed by atoms with Crippen LogP contribution in [0.15, 0.2) is 165 Å². The van der Waals surface area contributed by atoms with Gasteiger partial charge in [-0.1, -0.05) is 49.6 Å². The predicted molar refractivity (Wildman–Crippen MR) is 200 cm³/mol. The lowest BCUT2D eigenvalue weighted by molar-refractivity contribution is -0.138. The Hall–Kier alpha value is -6.62. The van der Waals surface area contributed by atoms with Gasteiger partial charge in [-0.05, 0) is 85.3 Å². The van der Waals surface area contributed by atoms with Crippen LogP contribution in [0, 0.1) is 0 Å². The fraction of sp³-hybridized carbons (Fsp3) is 0.150. The molecule has 0 aliphatic carbocycles. The highest BCUT2D eigenvalue weighted by molar-refractivity contribution is 5.99. The van der Waals surface area contributed by atoms with E-state index in [4.69, 9.17) is 9.47 Å². The first kappa shape index (κ1) is 35.7. The van der Waals surface area contributed by atoms with Crippen LogP contribution in [0.5, 0.6) is 0 Å². The highest BCUT2D eigenvalue weighted by Gasteiger charge is 2.08. The maximum atomic E-state index is 11.3. The van der Waals surface area contributed by atoms with Gasteiger partial charge in [0.15, 0.2) is 0 Å². The van der Waals surface area contributed by atoms with Gasteiger partial charge in [0.05, 0.1) is 47.3 Å². The van der Waals surface area contributed by atoms with E-state index in [-0.39, 0.29) is 6.61 Å². The quantitative estimate of drug-likeness (QED) is 0.0582. The Morgan fingerprint density at radius 1 is 0.588 bits per heavy atom. The lowest BCUT2D eigenvalue weighted by Gasteiger charge is -2.22. The summed E-state index contributed by atoms with van der Waals surface area (Å²) in [4.78, 5) is 24.6. The van der Waals surface area contributed by atoms with Crippen LogP contribution in [0.4, 0.5) is 39.8 Å². The number of azo groups is 3. The molecule has 0 aliphatic heterocycles. The molecule has 0 aliphatic rings. The van der Waals surface area contributed by atoms with E-state index in [0.29, 0.717) is 53.7 Å². The summed E-state index contributed by atoms with van der Waals surface area (Å²) in [5.74, 6) is -0.862. The van der Waals surface area contributed by atoms with Gasteiger partial charge in [-0.25, -0.2) is 9.59 Å². The van der Waals surface area contributed by atoms with Crippen LogP contribution in [0.1, 0.15) is 12.5 Å². The topological polar surface area (TPSA) is 130 Å². The Morgan fingerprint density at radius 2 is 1.02 bits per heavy atom. The second-order valence-electron chi connectivity index (χ2n) is 11.0. The van der Waals surface area contributed by atoms with Gasteiger partial charge >= 0.3 is 11.9 Å². The van der Waals surface area contributed by atoms with E-state index in [1.165, 1.54) is 0 Å². The lowest BCUT2D eigenvalue weighted by atomic mass is 10.1. The standard InChI is InChI=1S/C40H37N7O4/c1-4-39(48)50-27-25-29-11-13-30(14-12-29)41-42-31-15-17-32(18-16-31)43-45-37-23-24-38(36-10-8-7-9-35(36)37)46-44-33-19-21-34(22-20-33)47(6-3)26-28-51-40(49)5-2/h4-5,7-24H,1-2,6,25-28H2,3H3/b42-41+,45-43+,46-44+. The normalized spacial score (nSPS) is 11.3. The van der Waals surface area contributed by atoms with E-state index >= 15 is 0 Å². The third kappa shape index (κ3) is 10.4. The first-order valence-electron chi connectivity index (χ1n) is 16.3. The van der Waals surface area contributed by atoms with Gasteiger partial charge in [-0.15, -0.1) is 10.2 Å². The zero-order valence-electron chi connectivity index (χ0n) is 28.3. The average molecular weight is 680 g/mol. The van der Waals surface area contributed by atoms with Gasteiger partial charge in [0.1, 0.15) is 6.61 Å². The van der Waals surface area contributed by atoms with Crippen molar-refractivity contribution in [1.29, 1.82) is 0 Å². The number of fused-ring (bicyclic) bond motifs is 1. The van der Waals surface area contributed by atoms with Gasteiger partial charge in [0, 0.05) is 41.6 Å². The summed E-state index contributed by atoms with van der Waals surface area (Å²) in [5.41, 5.74) is 6.21. The van der Waals surface area contributed by atoms with E-state index < -0.39 is 11.9 Å². The minimum Gasteiger partial charge on any atom is -0.462 e. The molecule has 5 aromatic rings. The molecule has 5 rings (SSSR count). The molecule has 0 heterocycles. The molecular weight excluding hydrogens is 642 g/mol. The SMILES string of the molecule is C=CC(=O)OCCc1ccc(/N=N/c2ccc(/N=N/c3ccc(/N=N/c4ccc(N(CC)CCOC(=O)C=C)cc4)c4ccccc34)cc2)cc1. The van der Waals surface area contributed by atoms with Gasteiger partial charge in [0.2, 0.25) is 0 Å². The van der Waals surface area contributed by atoms with Gasteiger partial charge in [0.25, 0.3) is 0 Å². The van der Waals surface area contributed by atoms with Crippen LogP contribution < -0.4 is 4.90 Å². The number of hydrogen-bond acceptors (Lipinski definition) is 11. The van der Waals surface area contributed by atoms with Crippen molar-refractivity contribution in [2.45, 2.75) is 13.3 Å². The van der Waals surface area contributed by atoms with E-state index in [1.54, 1.807) is 0 Å². The van der Waals surface area contributed by atoms with Crippen molar-refractivity contribution < 1.29 is 19.1 Å². The Balaban J connectivity index is 1.20. The summed E-state index contributed by atoms with van der Waals surface area (Å²) in [6, 6.07) is 34.3. The number of rotatable bonds is 16. The first-order valence-corrected chi connectivity index (χ1v) is 16.3. The van der Waals surface area contributed by atoms with Gasteiger partial charge < -0.3 is 14.4 Å². The summed E-state index contributed by atoms with van der Waals surface area (Å²) in [7, 11) is 0. The Morgan fingerprint density at radius 3 is 1.49 bits per heavy atom. The molecule has 0 radical (unpaired) electrons. The molecule has 0 unspecified atom stereocenters. The Labute approximate surface area is 296 Å². The molecule has 0 amide bonds. The van der Waals surface area contributed by atoms with Gasteiger partial charge in [-0.3, -0.25) is 0 Å². The second kappa shape index (κ2) is 18.2. The van der Waals surface area contributed by atoms with E-state index in [2.05, 4.69) is 48.7 Å². The van der Waals surface area contributed by atoms with Crippen LogP contribution in [0.25, 0.3) is 10.8 Å². The van der Waals surface area contributed by atoms with E-state index in [1.807, 2.05) is 116 Å². The largest absolute Gasteiger partial charge is 0.462 e. The number of esters is 2. The zero-order chi connectivity index (χ0) is 35.8. The van der Waals surface area contributed by atoms with Crippen molar-refractivity contribution in [2.24, 2.45) is 30.7 Å². The summed E-state index contributed by atoms with van der Waals surface area (Å²) >= 11 is 0. The molecule has 0 saturated heterocycles. The number of carbonyl (C=O) groups excluding carboxylic acids is 2. The molecule has 0 bridgehead atoms. The highest BCUT2D eigenvalue weighted by atomic mass is 16.5. The van der Waals surface area contributed by atoms with Crippen molar-refractivity contribution in [3.63, 3.8) is 0 Å². The minimum absolute atomic E-state index is 0.278. The molecule has 0 saturated carbocycles. The third-order valence-electron chi connectivity index (χ3n) is 7.66. The van der Waals surface area contributed by atoms with Crippen LogP contribution in [0.3, 0.4) is 0 Å². The van der Waals surface area contributed by atoms with Crippen LogP contribution in [-0.2, 0) is 25.5 Å². The number of likely N-dealkylation sites (N-methyl/N-ethyl adjacent to an activating group) is 1. The van der Waals surface area contributed by atoms with E-state index in [9.17, 15) is 9.59 Å². The fourth-order valence-corrected chi connectivity index (χ4v) is 4.94. The van der Waals surface area contributed by atoms with Crippen molar-refractivity contribution in [3.05, 3.63) is 140 Å². The second-order valence-corrected chi connectivity index (χ2v) is 11.0. The Kier molecular flexibility index (Phi) is 12.8. The van der Waals surface area contributed by atoms with Crippen molar-refractivity contribution in [3.8, 4) is 0 Å². The smallest absolute Gasteiger partial charge is 0.330 e. The third-order valence-corrected chi connectivity index (χ3v) is 7.66. The molecule has 0 aromatic heterocycles. The number of anilines is 1. The van der Waals surface area contributed by atoms with Crippen molar-refractivity contribution in [2.75, 3.05) is 31.2 Å². The maximum Gasteiger partial charge on any atom is 0.330 e. The molecule has 51 heavy (non-hydrogen) atoms. The molecule has 256 valence electrons. The minimum atomic E-state index is -0.431. The molecule has 11 nitrogen and oxygen atoms in total. The number of hydrogen-bond donors (Lipinski definition) is 0. The van der Waals surface area contributed by atoms with E-state index in [0.717, 1.165) is 40.7 Å². The number of carbonyl (C=O) groups is 2. The Bertz CT molecular complexity index is 2060.